The predicted molar refractivity (Wildman–Crippen MR) is 154 cm³/mol. The lowest BCUT2D eigenvalue weighted by Crippen LogP contribution is -2.39. The lowest BCUT2D eigenvalue weighted by Gasteiger charge is -2.29. The zero-order valence-corrected chi connectivity index (χ0v) is 23.8. The van der Waals surface area contributed by atoms with Gasteiger partial charge in [0.15, 0.2) is 0 Å². The molecular weight excluding hydrogens is 503 g/mol. The molecule has 37 heavy (non-hydrogen) atoms. The molecule has 1 aromatic carbocycles. The zero-order chi connectivity index (χ0) is 26.4. The Morgan fingerprint density at radius 1 is 1.05 bits per heavy atom. The van der Waals surface area contributed by atoms with Crippen LogP contribution >= 0.6 is 23.2 Å². The highest BCUT2D eigenvalue weighted by Crippen LogP contribution is 2.39. The number of ketones is 1. The highest BCUT2D eigenvalue weighted by Gasteiger charge is 2.40. The third-order valence-corrected chi connectivity index (χ3v) is 9.25. The molecule has 202 valence electrons. The van der Waals surface area contributed by atoms with Gasteiger partial charge in [0.1, 0.15) is 5.78 Å². The van der Waals surface area contributed by atoms with Crippen LogP contribution in [0.1, 0.15) is 83.1 Å². The summed E-state index contributed by atoms with van der Waals surface area (Å²) in [6, 6.07) is 5.74. The van der Waals surface area contributed by atoms with Crippen LogP contribution in [0.25, 0.3) is 0 Å². The van der Waals surface area contributed by atoms with Crippen LogP contribution in [0.5, 0.6) is 0 Å². The number of rotatable bonds is 10. The first kappa shape index (κ1) is 28.4. The number of hydrogen-bond donors (Lipinski definition) is 2. The van der Waals surface area contributed by atoms with E-state index in [1.807, 2.05) is 25.1 Å². The molecule has 0 radical (unpaired) electrons. The Kier molecular flexibility index (Phi) is 10.3. The van der Waals surface area contributed by atoms with E-state index < -0.39 is 0 Å². The monoisotopic (exact) mass is 544 g/mol. The maximum Gasteiger partial charge on any atom is 0.229 e. The van der Waals surface area contributed by atoms with Gasteiger partial charge in [-0.15, -0.1) is 0 Å². The van der Waals surface area contributed by atoms with Gasteiger partial charge < -0.3 is 10.6 Å². The number of nitrogens with one attached hydrogen (secondary N) is 2. The van der Waals surface area contributed by atoms with Crippen LogP contribution in [-0.2, 0) is 9.59 Å². The molecule has 3 aliphatic carbocycles. The number of carbonyl (C=O) groups is 2. The van der Waals surface area contributed by atoms with E-state index in [4.69, 9.17) is 23.2 Å². The minimum absolute atomic E-state index is 0.0240. The summed E-state index contributed by atoms with van der Waals surface area (Å²) in [7, 11) is 0. The van der Waals surface area contributed by atoms with Crippen LogP contribution in [0, 0.1) is 30.6 Å². The average molecular weight is 546 g/mol. The molecule has 0 aliphatic heterocycles. The first-order chi connectivity index (χ1) is 17.8. The fourth-order valence-electron chi connectivity index (χ4n) is 6.45. The van der Waals surface area contributed by atoms with Crippen molar-refractivity contribution in [2.45, 2.75) is 90.5 Å². The molecular formula is C31H42Cl2N2O2. The summed E-state index contributed by atoms with van der Waals surface area (Å²) in [6.45, 7) is 4.97. The van der Waals surface area contributed by atoms with Crippen LogP contribution in [0.15, 0.2) is 41.0 Å². The van der Waals surface area contributed by atoms with E-state index in [0.29, 0.717) is 23.1 Å². The summed E-state index contributed by atoms with van der Waals surface area (Å²) < 4.78 is 0. The van der Waals surface area contributed by atoms with Crippen LogP contribution in [0.4, 0.5) is 5.69 Å². The van der Waals surface area contributed by atoms with Crippen molar-refractivity contribution in [3.8, 4) is 0 Å². The van der Waals surface area contributed by atoms with E-state index in [0.717, 1.165) is 87.0 Å². The van der Waals surface area contributed by atoms with E-state index in [1.165, 1.54) is 5.57 Å². The third kappa shape index (κ3) is 7.94. The van der Waals surface area contributed by atoms with Crippen molar-refractivity contribution >= 4 is 40.6 Å². The van der Waals surface area contributed by atoms with Crippen molar-refractivity contribution in [2.75, 3.05) is 11.9 Å². The first-order valence-corrected chi connectivity index (χ1v) is 15.0. The summed E-state index contributed by atoms with van der Waals surface area (Å²) in [4.78, 5) is 26.5. The van der Waals surface area contributed by atoms with Crippen molar-refractivity contribution in [3.05, 3.63) is 51.5 Å². The fourth-order valence-corrected chi connectivity index (χ4v) is 6.90. The number of benzene rings is 1. The summed E-state index contributed by atoms with van der Waals surface area (Å²) >= 11 is 12.5. The molecule has 1 aromatic rings. The van der Waals surface area contributed by atoms with Crippen molar-refractivity contribution < 1.29 is 9.59 Å². The Bertz CT molecular complexity index is 1030. The zero-order valence-electron chi connectivity index (χ0n) is 22.3. The Balaban J connectivity index is 1.28. The topological polar surface area (TPSA) is 58.2 Å². The van der Waals surface area contributed by atoms with E-state index in [2.05, 4.69) is 29.7 Å². The van der Waals surface area contributed by atoms with Crippen molar-refractivity contribution in [2.24, 2.45) is 23.7 Å². The molecule has 4 rings (SSSR count). The number of halogens is 2. The largest absolute Gasteiger partial charge is 0.326 e. The normalized spacial score (nSPS) is 27.9. The van der Waals surface area contributed by atoms with Crippen molar-refractivity contribution in [1.82, 2.24) is 5.32 Å². The summed E-state index contributed by atoms with van der Waals surface area (Å²) in [6.07, 6.45) is 15.1. The van der Waals surface area contributed by atoms with Crippen LogP contribution in [0.2, 0.25) is 5.02 Å². The van der Waals surface area contributed by atoms with E-state index in [-0.39, 0.29) is 29.7 Å². The second-order valence-corrected chi connectivity index (χ2v) is 12.3. The van der Waals surface area contributed by atoms with E-state index in [9.17, 15) is 9.59 Å². The molecule has 4 nitrogen and oxygen atoms in total. The van der Waals surface area contributed by atoms with Crippen LogP contribution < -0.4 is 10.6 Å². The first-order valence-electron chi connectivity index (χ1n) is 14.2. The molecule has 0 saturated heterocycles. The lowest BCUT2D eigenvalue weighted by atomic mass is 9.75. The second kappa shape index (κ2) is 13.4. The molecule has 0 aromatic heterocycles. The number of Topliss-reactive ketones (excluding diaryl/α,β-unsaturated/α-hetero) is 1. The molecule has 2 N–H and O–H groups in total. The maximum atomic E-state index is 13.3. The molecule has 1 amide bonds. The minimum Gasteiger partial charge on any atom is -0.326 e. The van der Waals surface area contributed by atoms with Crippen molar-refractivity contribution in [3.63, 3.8) is 0 Å². The van der Waals surface area contributed by atoms with Gasteiger partial charge >= 0.3 is 0 Å². The van der Waals surface area contributed by atoms with Crippen LogP contribution in [-0.4, -0.2) is 24.3 Å². The Morgan fingerprint density at radius 3 is 2.54 bits per heavy atom. The molecule has 0 bridgehead atoms. The van der Waals surface area contributed by atoms with Gasteiger partial charge in [-0.25, -0.2) is 0 Å². The van der Waals surface area contributed by atoms with Gasteiger partial charge in [0.2, 0.25) is 5.91 Å². The van der Waals surface area contributed by atoms with Gasteiger partial charge in [-0.05, 0) is 113 Å². The number of aryl methyl sites for hydroxylation is 1. The predicted octanol–water partition coefficient (Wildman–Crippen LogP) is 7.98. The average Bonchev–Trinajstić information content (AvgIpc) is 3.28. The van der Waals surface area contributed by atoms with Gasteiger partial charge in [-0.2, -0.15) is 0 Å². The molecule has 6 heteroatoms. The van der Waals surface area contributed by atoms with Gasteiger partial charge in [0, 0.05) is 34.1 Å². The molecule has 0 heterocycles. The fraction of sp³-hybridized carbons (Fsp3) is 0.613. The van der Waals surface area contributed by atoms with Crippen LogP contribution in [0.3, 0.4) is 0 Å². The number of allylic oxidation sites excluding steroid dienone is 4. The number of hydrogen-bond acceptors (Lipinski definition) is 3. The molecule has 3 atom stereocenters. The maximum absolute atomic E-state index is 13.3. The Labute approximate surface area is 232 Å². The number of amides is 1. The smallest absolute Gasteiger partial charge is 0.229 e. The molecule has 3 aliphatic rings. The SMILES string of the molecule is CCCNC1CC(CC(=O)C2CCC(CC3=CC(Cl)=CCC3)CC2)CC1C(=O)Nc1ccc(C)c(Cl)c1. The van der Waals surface area contributed by atoms with Crippen molar-refractivity contribution in [1.29, 1.82) is 0 Å². The Morgan fingerprint density at radius 2 is 1.84 bits per heavy atom. The van der Waals surface area contributed by atoms with E-state index >= 15 is 0 Å². The molecule has 0 spiro atoms. The quantitative estimate of drug-likeness (QED) is 0.313. The lowest BCUT2D eigenvalue weighted by molar-refractivity contribution is -0.125. The molecule has 2 fully saturated rings. The minimum atomic E-state index is -0.134. The van der Waals surface area contributed by atoms with E-state index in [1.54, 1.807) is 0 Å². The van der Waals surface area contributed by atoms with Gasteiger partial charge in [0.25, 0.3) is 0 Å². The Hall–Kier alpha value is -1.62. The third-order valence-electron chi connectivity index (χ3n) is 8.58. The molecule has 2 saturated carbocycles. The highest BCUT2D eigenvalue weighted by atomic mass is 35.5. The number of anilines is 1. The van der Waals surface area contributed by atoms with Gasteiger partial charge in [0.05, 0.1) is 5.92 Å². The highest BCUT2D eigenvalue weighted by molar-refractivity contribution is 6.31. The number of carbonyl (C=O) groups excluding carboxylic acids is 2. The van der Waals surface area contributed by atoms with Gasteiger partial charge in [-0.1, -0.05) is 47.8 Å². The summed E-state index contributed by atoms with van der Waals surface area (Å²) in [5, 5.41) is 8.18. The second-order valence-electron chi connectivity index (χ2n) is 11.5. The summed E-state index contributed by atoms with van der Waals surface area (Å²) in [5.41, 5.74) is 3.19. The summed E-state index contributed by atoms with van der Waals surface area (Å²) in [5.74, 6) is 1.42. The van der Waals surface area contributed by atoms with Gasteiger partial charge in [-0.3, -0.25) is 9.59 Å². The standard InChI is InChI=1S/C31H42Cl2N2O2/c1-3-13-34-29-17-23(16-27(29)31(37)35-26-12-7-20(2)28(33)19-26)18-30(36)24-10-8-21(9-11-24)14-22-5-4-6-25(32)15-22/h6-7,12,15,19,21,23-24,27,29,34H,3-5,8-11,13-14,16-18H2,1-2H3,(H,35,37). The molecule has 3 unspecified atom stereocenters.